The summed E-state index contributed by atoms with van der Waals surface area (Å²) in [5.74, 6) is 0.609. The number of aromatic nitrogens is 1. The Kier molecular flexibility index (Phi) is 4.73. The maximum atomic E-state index is 12.3. The first-order valence-corrected chi connectivity index (χ1v) is 8.92. The van der Waals surface area contributed by atoms with Crippen LogP contribution in [0.2, 0.25) is 0 Å². The molecule has 0 unspecified atom stereocenters. The summed E-state index contributed by atoms with van der Waals surface area (Å²) in [5, 5.41) is 1.87. The lowest BCUT2D eigenvalue weighted by Gasteiger charge is -2.04. The van der Waals surface area contributed by atoms with Gasteiger partial charge in [0.25, 0.3) is 5.91 Å². The Labute approximate surface area is 142 Å². The predicted molar refractivity (Wildman–Crippen MR) is 95.4 cm³/mol. The lowest BCUT2D eigenvalue weighted by Crippen LogP contribution is -2.15. The minimum Gasteiger partial charge on any atom is -0.494 e. The first-order chi connectivity index (χ1) is 11.2. The van der Waals surface area contributed by atoms with E-state index < -0.39 is 0 Å². The maximum Gasteiger partial charge on any atom is 0.289 e. The van der Waals surface area contributed by atoms with Crippen LogP contribution in [0, 0.1) is 0 Å². The van der Waals surface area contributed by atoms with Crippen molar-refractivity contribution in [1.29, 1.82) is 0 Å². The molecule has 2 heterocycles. The molecule has 0 radical (unpaired) electrons. The SMILES string of the molecule is C=CCn1c(=NC(=O)c2cccs2)sc2cc(OCC)ccc21. The molecule has 4 nitrogen and oxygen atoms in total. The lowest BCUT2D eigenvalue weighted by molar-refractivity contribution is 0.100. The van der Waals surface area contributed by atoms with Gasteiger partial charge in [0, 0.05) is 6.54 Å². The number of nitrogens with zero attached hydrogens (tertiary/aromatic N) is 2. The van der Waals surface area contributed by atoms with Crippen LogP contribution in [-0.2, 0) is 6.54 Å². The van der Waals surface area contributed by atoms with Crippen molar-refractivity contribution in [2.45, 2.75) is 13.5 Å². The number of thiophene rings is 1. The van der Waals surface area contributed by atoms with Gasteiger partial charge in [0.15, 0.2) is 4.80 Å². The van der Waals surface area contributed by atoms with Crippen molar-refractivity contribution in [3.05, 3.63) is 58.0 Å². The van der Waals surface area contributed by atoms with Gasteiger partial charge < -0.3 is 9.30 Å². The second kappa shape index (κ2) is 6.93. The van der Waals surface area contributed by atoms with Crippen molar-refractivity contribution in [2.24, 2.45) is 4.99 Å². The minimum absolute atomic E-state index is 0.214. The summed E-state index contributed by atoms with van der Waals surface area (Å²) in [7, 11) is 0. The highest BCUT2D eigenvalue weighted by Crippen LogP contribution is 2.23. The largest absolute Gasteiger partial charge is 0.494 e. The molecule has 0 aliphatic carbocycles. The summed E-state index contributed by atoms with van der Waals surface area (Å²) in [6, 6.07) is 9.55. The van der Waals surface area contributed by atoms with E-state index in [1.807, 2.05) is 41.1 Å². The number of allylic oxidation sites excluding steroid dienone is 1. The summed E-state index contributed by atoms with van der Waals surface area (Å²) in [6.45, 7) is 6.97. The van der Waals surface area contributed by atoms with Gasteiger partial charge in [-0.3, -0.25) is 4.79 Å². The molecule has 0 atom stereocenters. The molecule has 1 aromatic carbocycles. The molecule has 0 aliphatic rings. The van der Waals surface area contributed by atoms with Crippen LogP contribution in [0.25, 0.3) is 10.2 Å². The molecule has 0 aliphatic heterocycles. The number of amides is 1. The smallest absolute Gasteiger partial charge is 0.289 e. The molecule has 0 saturated carbocycles. The molecular weight excluding hydrogens is 328 g/mol. The van der Waals surface area contributed by atoms with Crippen LogP contribution < -0.4 is 9.54 Å². The van der Waals surface area contributed by atoms with Crippen molar-refractivity contribution >= 4 is 38.8 Å². The van der Waals surface area contributed by atoms with Gasteiger partial charge in [0.05, 0.1) is 21.7 Å². The molecule has 0 fully saturated rings. The van der Waals surface area contributed by atoms with E-state index in [1.165, 1.54) is 22.7 Å². The molecule has 118 valence electrons. The zero-order chi connectivity index (χ0) is 16.2. The Hall–Kier alpha value is -2.18. The first kappa shape index (κ1) is 15.7. The number of carbonyl (C=O) groups excluding carboxylic acids is 1. The topological polar surface area (TPSA) is 43.6 Å². The standard InChI is InChI=1S/C17H16N2O2S2/c1-3-9-19-13-8-7-12(21-4-2)11-15(13)23-17(19)18-16(20)14-6-5-10-22-14/h3,5-8,10-11H,1,4,9H2,2H3. The third kappa shape index (κ3) is 3.28. The van der Waals surface area contributed by atoms with Gasteiger partial charge in [-0.15, -0.1) is 17.9 Å². The van der Waals surface area contributed by atoms with Crippen molar-refractivity contribution < 1.29 is 9.53 Å². The predicted octanol–water partition coefficient (Wildman–Crippen LogP) is 4.09. The molecule has 0 bridgehead atoms. The van der Waals surface area contributed by atoms with Gasteiger partial charge in [-0.1, -0.05) is 23.5 Å². The Morgan fingerprint density at radius 1 is 1.43 bits per heavy atom. The Morgan fingerprint density at radius 2 is 2.30 bits per heavy atom. The van der Waals surface area contributed by atoms with Crippen LogP contribution in [0.15, 0.2) is 53.4 Å². The Bertz CT molecular complexity index is 904. The molecule has 1 amide bonds. The highest BCUT2D eigenvalue weighted by molar-refractivity contribution is 7.16. The number of rotatable bonds is 5. The summed E-state index contributed by atoms with van der Waals surface area (Å²) >= 11 is 2.88. The molecule has 6 heteroatoms. The Balaban J connectivity index is 2.13. The van der Waals surface area contributed by atoms with E-state index in [0.29, 0.717) is 22.8 Å². The zero-order valence-corrected chi connectivity index (χ0v) is 14.3. The number of fused-ring (bicyclic) bond motifs is 1. The minimum atomic E-state index is -0.214. The molecule has 3 aromatic rings. The van der Waals surface area contributed by atoms with Gasteiger partial charge in [-0.2, -0.15) is 4.99 Å². The van der Waals surface area contributed by atoms with Crippen molar-refractivity contribution in [3.63, 3.8) is 0 Å². The fourth-order valence-electron chi connectivity index (χ4n) is 2.24. The molecule has 0 saturated heterocycles. The van der Waals surface area contributed by atoms with Gasteiger partial charge >= 0.3 is 0 Å². The monoisotopic (exact) mass is 344 g/mol. The highest BCUT2D eigenvalue weighted by Gasteiger charge is 2.10. The summed E-state index contributed by atoms with van der Waals surface area (Å²) in [6.07, 6.45) is 1.80. The molecule has 0 N–H and O–H groups in total. The van der Waals surface area contributed by atoms with Gasteiger partial charge in [-0.05, 0) is 36.6 Å². The van der Waals surface area contributed by atoms with Gasteiger partial charge in [0.1, 0.15) is 5.75 Å². The van der Waals surface area contributed by atoms with E-state index in [2.05, 4.69) is 11.6 Å². The molecule has 23 heavy (non-hydrogen) atoms. The molecule has 2 aromatic heterocycles. The van der Waals surface area contributed by atoms with Crippen LogP contribution in [0.1, 0.15) is 16.6 Å². The maximum absolute atomic E-state index is 12.3. The average molecular weight is 344 g/mol. The van der Waals surface area contributed by atoms with E-state index in [-0.39, 0.29) is 5.91 Å². The van der Waals surface area contributed by atoms with Crippen LogP contribution in [0.3, 0.4) is 0 Å². The van der Waals surface area contributed by atoms with Crippen molar-refractivity contribution in [2.75, 3.05) is 6.61 Å². The first-order valence-electron chi connectivity index (χ1n) is 7.22. The normalized spacial score (nSPS) is 11.8. The van der Waals surface area contributed by atoms with E-state index in [4.69, 9.17) is 4.74 Å². The van der Waals surface area contributed by atoms with Crippen molar-refractivity contribution in [1.82, 2.24) is 4.57 Å². The summed E-state index contributed by atoms with van der Waals surface area (Å²) < 4.78 is 8.58. The second-order valence-corrected chi connectivity index (χ2v) is 6.70. The number of hydrogen-bond donors (Lipinski definition) is 0. The fourth-order valence-corrected chi connectivity index (χ4v) is 3.92. The average Bonchev–Trinajstić information content (AvgIpc) is 3.17. The number of carbonyl (C=O) groups is 1. The fraction of sp³-hybridized carbons (Fsp3) is 0.176. The number of ether oxygens (including phenoxy) is 1. The quantitative estimate of drug-likeness (QED) is 0.654. The van der Waals surface area contributed by atoms with Gasteiger partial charge in [-0.25, -0.2) is 0 Å². The number of thiazole rings is 1. The lowest BCUT2D eigenvalue weighted by atomic mass is 10.3. The van der Waals surface area contributed by atoms with E-state index in [0.717, 1.165) is 16.0 Å². The third-order valence-electron chi connectivity index (χ3n) is 3.21. The van der Waals surface area contributed by atoms with E-state index in [1.54, 1.807) is 12.1 Å². The second-order valence-electron chi connectivity index (χ2n) is 4.74. The summed E-state index contributed by atoms with van der Waals surface area (Å²) in [5.41, 5.74) is 1.02. The third-order valence-corrected chi connectivity index (χ3v) is 5.11. The van der Waals surface area contributed by atoms with E-state index in [9.17, 15) is 4.79 Å². The Morgan fingerprint density at radius 3 is 3.00 bits per heavy atom. The molecular formula is C17H16N2O2S2. The van der Waals surface area contributed by atoms with Crippen LogP contribution in [0.5, 0.6) is 5.75 Å². The van der Waals surface area contributed by atoms with E-state index >= 15 is 0 Å². The van der Waals surface area contributed by atoms with Crippen LogP contribution in [-0.4, -0.2) is 17.1 Å². The van der Waals surface area contributed by atoms with Gasteiger partial charge in [0.2, 0.25) is 0 Å². The number of benzene rings is 1. The summed E-state index contributed by atoms with van der Waals surface area (Å²) in [4.78, 5) is 17.9. The molecule has 3 rings (SSSR count). The highest BCUT2D eigenvalue weighted by atomic mass is 32.1. The van der Waals surface area contributed by atoms with Crippen LogP contribution in [0.4, 0.5) is 0 Å². The molecule has 0 spiro atoms. The zero-order valence-electron chi connectivity index (χ0n) is 12.7. The number of hydrogen-bond acceptors (Lipinski definition) is 4. The van der Waals surface area contributed by atoms with Crippen molar-refractivity contribution in [3.8, 4) is 5.75 Å². The van der Waals surface area contributed by atoms with Crippen LogP contribution >= 0.6 is 22.7 Å².